The van der Waals surface area contributed by atoms with Crippen LogP contribution in [0.5, 0.6) is 0 Å². The average Bonchev–Trinajstić information content (AvgIpc) is 3.09. The molecule has 2 aromatic rings. The van der Waals surface area contributed by atoms with Crippen LogP contribution in [-0.2, 0) is 11.3 Å². The Kier molecular flexibility index (Phi) is 7.56. The standard InChI is InChI=1S/C18H24N4O3.ClH/c1-2-22(13-17(23)24)15-8-10-21(11-9-15)12-16-19-18(20-25-16)14-6-4-3-5-7-14;/h3-7,15H,2,8-13H2,1H3,(H,23,24);1H. The fraction of sp³-hybridized carbons (Fsp3) is 0.500. The van der Waals surface area contributed by atoms with Crippen LogP contribution < -0.4 is 0 Å². The summed E-state index contributed by atoms with van der Waals surface area (Å²) in [5.41, 5.74) is 0.948. The van der Waals surface area contributed by atoms with Gasteiger partial charge in [0.2, 0.25) is 11.7 Å². The number of aliphatic carboxylic acids is 1. The van der Waals surface area contributed by atoms with Gasteiger partial charge in [0.05, 0.1) is 13.1 Å². The van der Waals surface area contributed by atoms with Crippen LogP contribution in [0.4, 0.5) is 0 Å². The number of likely N-dealkylation sites (tertiary alicyclic amines) is 1. The monoisotopic (exact) mass is 380 g/mol. The van der Waals surface area contributed by atoms with E-state index in [0.29, 0.717) is 24.3 Å². The molecule has 0 radical (unpaired) electrons. The van der Waals surface area contributed by atoms with Gasteiger partial charge >= 0.3 is 5.97 Å². The molecule has 0 saturated carbocycles. The second-order valence-corrected chi connectivity index (χ2v) is 6.34. The van der Waals surface area contributed by atoms with Crippen molar-refractivity contribution in [1.82, 2.24) is 19.9 Å². The van der Waals surface area contributed by atoms with Crippen LogP contribution in [0.3, 0.4) is 0 Å². The van der Waals surface area contributed by atoms with Crippen molar-refractivity contribution in [2.75, 3.05) is 26.2 Å². The van der Waals surface area contributed by atoms with Gasteiger partial charge in [0.25, 0.3) is 0 Å². The largest absolute Gasteiger partial charge is 0.480 e. The minimum absolute atomic E-state index is 0. The maximum absolute atomic E-state index is 11.0. The van der Waals surface area contributed by atoms with Gasteiger partial charge in [-0.1, -0.05) is 42.4 Å². The smallest absolute Gasteiger partial charge is 0.317 e. The molecule has 8 heteroatoms. The van der Waals surface area contributed by atoms with Gasteiger partial charge in [0.15, 0.2) is 0 Å². The maximum Gasteiger partial charge on any atom is 0.317 e. The number of piperidine rings is 1. The number of nitrogens with zero attached hydrogens (tertiary/aromatic N) is 4. The first-order valence-corrected chi connectivity index (χ1v) is 8.72. The van der Waals surface area contributed by atoms with Crippen molar-refractivity contribution >= 4 is 18.4 Å². The molecule has 0 bridgehead atoms. The van der Waals surface area contributed by atoms with Gasteiger partial charge in [0.1, 0.15) is 0 Å². The van der Waals surface area contributed by atoms with E-state index in [-0.39, 0.29) is 19.0 Å². The number of benzene rings is 1. The summed E-state index contributed by atoms with van der Waals surface area (Å²) in [5.74, 6) is 0.475. The van der Waals surface area contributed by atoms with Gasteiger partial charge in [-0.05, 0) is 19.4 Å². The zero-order valence-electron chi connectivity index (χ0n) is 14.9. The van der Waals surface area contributed by atoms with E-state index < -0.39 is 5.97 Å². The van der Waals surface area contributed by atoms with Crippen molar-refractivity contribution in [3.05, 3.63) is 36.2 Å². The summed E-state index contributed by atoms with van der Waals surface area (Å²) < 4.78 is 5.38. The Balaban J connectivity index is 0.00000243. The van der Waals surface area contributed by atoms with Crippen molar-refractivity contribution in [1.29, 1.82) is 0 Å². The molecule has 26 heavy (non-hydrogen) atoms. The molecular weight excluding hydrogens is 356 g/mol. The first kappa shape index (κ1) is 20.4. The lowest BCUT2D eigenvalue weighted by Gasteiger charge is -2.36. The molecule has 1 aliphatic heterocycles. The van der Waals surface area contributed by atoms with Gasteiger partial charge in [-0.15, -0.1) is 12.4 Å². The highest BCUT2D eigenvalue weighted by Crippen LogP contribution is 2.19. The third kappa shape index (κ3) is 5.27. The highest BCUT2D eigenvalue weighted by Gasteiger charge is 2.26. The van der Waals surface area contributed by atoms with Gasteiger partial charge in [0, 0.05) is 24.7 Å². The van der Waals surface area contributed by atoms with Crippen LogP contribution in [-0.4, -0.2) is 63.2 Å². The molecule has 1 aliphatic rings. The molecule has 0 unspecified atom stereocenters. The second kappa shape index (κ2) is 9.66. The van der Waals surface area contributed by atoms with E-state index in [9.17, 15) is 4.79 Å². The molecule has 7 nitrogen and oxygen atoms in total. The molecule has 0 atom stereocenters. The molecule has 1 saturated heterocycles. The number of carbonyl (C=O) groups is 1. The zero-order valence-corrected chi connectivity index (χ0v) is 15.7. The molecule has 2 heterocycles. The normalized spacial score (nSPS) is 15.8. The van der Waals surface area contributed by atoms with E-state index in [1.807, 2.05) is 42.2 Å². The van der Waals surface area contributed by atoms with E-state index in [2.05, 4.69) is 15.0 Å². The van der Waals surface area contributed by atoms with Gasteiger partial charge in [-0.2, -0.15) is 4.98 Å². The number of halogens is 1. The Bertz CT molecular complexity index is 687. The number of hydrogen-bond donors (Lipinski definition) is 1. The lowest BCUT2D eigenvalue weighted by molar-refractivity contribution is -0.139. The molecule has 1 fully saturated rings. The quantitative estimate of drug-likeness (QED) is 0.790. The van der Waals surface area contributed by atoms with E-state index >= 15 is 0 Å². The van der Waals surface area contributed by atoms with Crippen LogP contribution in [0.25, 0.3) is 11.4 Å². The number of carboxylic acids is 1. The highest BCUT2D eigenvalue weighted by molar-refractivity contribution is 5.85. The molecule has 142 valence electrons. The van der Waals surface area contributed by atoms with Crippen molar-refractivity contribution in [2.24, 2.45) is 0 Å². The third-order valence-electron chi connectivity index (χ3n) is 4.68. The van der Waals surface area contributed by atoms with Crippen LogP contribution in [0.2, 0.25) is 0 Å². The topological polar surface area (TPSA) is 82.7 Å². The van der Waals surface area contributed by atoms with Crippen LogP contribution >= 0.6 is 12.4 Å². The van der Waals surface area contributed by atoms with Gasteiger partial charge < -0.3 is 9.63 Å². The Morgan fingerprint density at radius 2 is 2.00 bits per heavy atom. The summed E-state index contributed by atoms with van der Waals surface area (Å²) in [6, 6.07) is 10.1. The Morgan fingerprint density at radius 1 is 1.31 bits per heavy atom. The van der Waals surface area contributed by atoms with Gasteiger partial charge in [-0.25, -0.2) is 0 Å². The van der Waals surface area contributed by atoms with E-state index in [4.69, 9.17) is 9.63 Å². The third-order valence-corrected chi connectivity index (χ3v) is 4.68. The lowest BCUT2D eigenvalue weighted by Crippen LogP contribution is -2.46. The Hall–Kier alpha value is -1.96. The van der Waals surface area contributed by atoms with Crippen LogP contribution in [0, 0.1) is 0 Å². The van der Waals surface area contributed by atoms with Crippen LogP contribution in [0.15, 0.2) is 34.9 Å². The number of carboxylic acid groups (broad SMARTS) is 1. The fourth-order valence-electron chi connectivity index (χ4n) is 3.33. The first-order valence-electron chi connectivity index (χ1n) is 8.72. The first-order chi connectivity index (χ1) is 12.2. The van der Waals surface area contributed by atoms with E-state index in [1.54, 1.807) is 0 Å². The zero-order chi connectivity index (χ0) is 17.6. The van der Waals surface area contributed by atoms with Crippen molar-refractivity contribution in [2.45, 2.75) is 32.4 Å². The molecule has 0 spiro atoms. The molecule has 0 amide bonds. The van der Waals surface area contributed by atoms with E-state index in [0.717, 1.165) is 38.0 Å². The molecule has 1 N–H and O–H groups in total. The summed E-state index contributed by atoms with van der Waals surface area (Å²) in [6.07, 6.45) is 1.92. The molecular formula is C18H25ClN4O3. The molecule has 0 aliphatic carbocycles. The van der Waals surface area contributed by atoms with Crippen molar-refractivity contribution < 1.29 is 14.4 Å². The average molecular weight is 381 g/mol. The lowest BCUT2D eigenvalue weighted by atomic mass is 10.0. The Labute approximate surface area is 159 Å². The number of hydrogen-bond acceptors (Lipinski definition) is 6. The van der Waals surface area contributed by atoms with Crippen molar-refractivity contribution in [3.8, 4) is 11.4 Å². The van der Waals surface area contributed by atoms with Gasteiger partial charge in [-0.3, -0.25) is 14.6 Å². The van der Waals surface area contributed by atoms with Crippen LogP contribution in [0.1, 0.15) is 25.7 Å². The molecule has 3 rings (SSSR count). The Morgan fingerprint density at radius 3 is 2.62 bits per heavy atom. The molecule has 1 aromatic heterocycles. The second-order valence-electron chi connectivity index (χ2n) is 6.34. The number of aromatic nitrogens is 2. The predicted molar refractivity (Wildman–Crippen MR) is 100 cm³/mol. The number of likely N-dealkylation sites (N-methyl/N-ethyl adjacent to an activating group) is 1. The van der Waals surface area contributed by atoms with Crippen molar-refractivity contribution in [3.63, 3.8) is 0 Å². The predicted octanol–water partition coefficient (Wildman–Crippen LogP) is 2.53. The summed E-state index contributed by atoms with van der Waals surface area (Å²) in [4.78, 5) is 19.8. The fourth-order valence-corrected chi connectivity index (χ4v) is 3.33. The molecule has 1 aromatic carbocycles. The summed E-state index contributed by atoms with van der Waals surface area (Å²) in [7, 11) is 0. The highest BCUT2D eigenvalue weighted by atomic mass is 35.5. The number of rotatable bonds is 7. The summed E-state index contributed by atoms with van der Waals surface area (Å²) in [5, 5.41) is 13.1. The minimum atomic E-state index is -0.761. The summed E-state index contributed by atoms with van der Waals surface area (Å²) >= 11 is 0. The minimum Gasteiger partial charge on any atom is -0.480 e. The maximum atomic E-state index is 11.0. The van der Waals surface area contributed by atoms with E-state index in [1.165, 1.54) is 0 Å². The SMILES string of the molecule is CCN(CC(=O)O)C1CCN(Cc2nc(-c3ccccc3)no2)CC1.Cl. The summed E-state index contributed by atoms with van der Waals surface area (Å²) in [6.45, 7) is 5.34.